The summed E-state index contributed by atoms with van der Waals surface area (Å²) in [6, 6.07) is 19.8. The first kappa shape index (κ1) is 14.6. The summed E-state index contributed by atoms with van der Waals surface area (Å²) in [4.78, 5) is 12.5. The Bertz CT molecular complexity index is 592. The largest absolute Gasteiger partial charge is 0.452 e. The lowest BCUT2D eigenvalue weighted by molar-refractivity contribution is -0.151. The number of esters is 1. The standard InChI is InChI=1S/C20H20O2/c21-20(18-14-8-3-9-15-18)22-19(16-10-4-1-5-11-16)17-12-6-2-7-13-17/h1-2,4-8,10-14,18-19H,3,9,15H2. The maximum absolute atomic E-state index is 12.5. The molecule has 112 valence electrons. The van der Waals surface area contributed by atoms with Crippen LogP contribution in [0.5, 0.6) is 0 Å². The molecule has 0 aliphatic heterocycles. The lowest BCUT2D eigenvalue weighted by Gasteiger charge is -2.22. The fourth-order valence-electron chi connectivity index (χ4n) is 2.80. The SMILES string of the molecule is O=C(OC(c1ccccc1)c1ccccc1)C1C=CCCC1. The Morgan fingerprint density at radius 1 is 0.955 bits per heavy atom. The molecule has 3 rings (SSSR count). The number of hydrogen-bond acceptors (Lipinski definition) is 2. The van der Waals surface area contributed by atoms with Gasteiger partial charge < -0.3 is 4.74 Å². The van der Waals surface area contributed by atoms with Gasteiger partial charge in [0.1, 0.15) is 0 Å². The topological polar surface area (TPSA) is 26.3 Å². The monoisotopic (exact) mass is 292 g/mol. The lowest BCUT2D eigenvalue weighted by Crippen LogP contribution is -2.21. The van der Waals surface area contributed by atoms with Gasteiger partial charge in [-0.25, -0.2) is 0 Å². The van der Waals surface area contributed by atoms with Crippen LogP contribution in [0, 0.1) is 5.92 Å². The van der Waals surface area contributed by atoms with Crippen molar-refractivity contribution in [1.29, 1.82) is 0 Å². The molecule has 0 fully saturated rings. The van der Waals surface area contributed by atoms with Crippen LogP contribution in [0.2, 0.25) is 0 Å². The van der Waals surface area contributed by atoms with Crippen molar-refractivity contribution in [3.8, 4) is 0 Å². The van der Waals surface area contributed by atoms with E-state index in [1.165, 1.54) is 0 Å². The van der Waals surface area contributed by atoms with Crippen LogP contribution in [-0.2, 0) is 9.53 Å². The van der Waals surface area contributed by atoms with Gasteiger partial charge in [-0.05, 0) is 30.4 Å². The van der Waals surface area contributed by atoms with Gasteiger partial charge in [-0.1, -0.05) is 72.8 Å². The molecule has 0 bridgehead atoms. The summed E-state index contributed by atoms with van der Waals surface area (Å²) in [7, 11) is 0. The van der Waals surface area contributed by atoms with Gasteiger partial charge >= 0.3 is 5.97 Å². The predicted molar refractivity (Wildman–Crippen MR) is 87.3 cm³/mol. The first-order valence-electron chi connectivity index (χ1n) is 7.81. The summed E-state index contributed by atoms with van der Waals surface area (Å²) < 4.78 is 5.87. The van der Waals surface area contributed by atoms with E-state index < -0.39 is 0 Å². The summed E-state index contributed by atoms with van der Waals surface area (Å²) in [5, 5.41) is 0. The Balaban J connectivity index is 1.84. The van der Waals surface area contributed by atoms with Crippen molar-refractivity contribution in [2.24, 2.45) is 5.92 Å². The molecule has 2 aromatic carbocycles. The molecular weight excluding hydrogens is 272 g/mol. The summed E-state index contributed by atoms with van der Waals surface area (Å²) in [5.74, 6) is -0.239. The minimum atomic E-state index is -0.342. The number of carbonyl (C=O) groups excluding carboxylic acids is 1. The summed E-state index contributed by atoms with van der Waals surface area (Å²) in [6.45, 7) is 0. The Labute approximate surface area is 131 Å². The highest BCUT2D eigenvalue weighted by atomic mass is 16.5. The Morgan fingerprint density at radius 2 is 1.55 bits per heavy atom. The number of benzene rings is 2. The van der Waals surface area contributed by atoms with Gasteiger partial charge in [-0.2, -0.15) is 0 Å². The molecule has 1 unspecified atom stereocenters. The van der Waals surface area contributed by atoms with E-state index in [4.69, 9.17) is 4.74 Å². The molecule has 0 aromatic heterocycles. The fourth-order valence-corrected chi connectivity index (χ4v) is 2.80. The first-order chi connectivity index (χ1) is 10.8. The van der Waals surface area contributed by atoms with Crippen molar-refractivity contribution >= 4 is 5.97 Å². The second-order valence-corrected chi connectivity index (χ2v) is 5.60. The molecule has 1 aliphatic rings. The summed E-state index contributed by atoms with van der Waals surface area (Å²) >= 11 is 0. The summed E-state index contributed by atoms with van der Waals surface area (Å²) in [6.07, 6.45) is 6.72. The Kier molecular flexibility index (Phi) is 4.69. The van der Waals surface area contributed by atoms with Crippen LogP contribution in [0.4, 0.5) is 0 Å². The van der Waals surface area contributed by atoms with Gasteiger partial charge in [0.2, 0.25) is 0 Å². The predicted octanol–water partition coefficient (Wildman–Crippen LogP) is 4.68. The molecule has 2 aromatic rings. The molecule has 0 N–H and O–H groups in total. The van der Waals surface area contributed by atoms with Gasteiger partial charge in [0.25, 0.3) is 0 Å². The van der Waals surface area contributed by atoms with Gasteiger partial charge in [0.05, 0.1) is 5.92 Å². The molecule has 2 nitrogen and oxygen atoms in total. The smallest absolute Gasteiger partial charge is 0.313 e. The van der Waals surface area contributed by atoms with E-state index in [1.807, 2.05) is 66.7 Å². The van der Waals surface area contributed by atoms with Gasteiger partial charge in [0.15, 0.2) is 6.10 Å². The van der Waals surface area contributed by atoms with Crippen LogP contribution < -0.4 is 0 Å². The zero-order valence-corrected chi connectivity index (χ0v) is 12.5. The fraction of sp³-hybridized carbons (Fsp3) is 0.250. The number of rotatable bonds is 4. The Hall–Kier alpha value is -2.35. The number of ether oxygens (including phenoxy) is 1. The van der Waals surface area contributed by atoms with E-state index >= 15 is 0 Å². The molecule has 0 radical (unpaired) electrons. The minimum absolute atomic E-state index is 0.108. The van der Waals surface area contributed by atoms with Crippen LogP contribution >= 0.6 is 0 Å². The van der Waals surface area contributed by atoms with Gasteiger partial charge in [0, 0.05) is 0 Å². The quantitative estimate of drug-likeness (QED) is 0.604. The van der Waals surface area contributed by atoms with Gasteiger partial charge in [-0.15, -0.1) is 0 Å². The second kappa shape index (κ2) is 7.08. The van der Waals surface area contributed by atoms with E-state index in [9.17, 15) is 4.79 Å². The number of allylic oxidation sites excluding steroid dienone is 1. The third kappa shape index (κ3) is 3.45. The lowest BCUT2D eigenvalue weighted by atomic mass is 9.95. The molecule has 0 heterocycles. The molecule has 0 saturated carbocycles. The van der Waals surface area contributed by atoms with E-state index in [0.717, 1.165) is 30.4 Å². The third-order valence-electron chi connectivity index (χ3n) is 4.00. The number of carbonyl (C=O) groups is 1. The molecule has 1 aliphatic carbocycles. The van der Waals surface area contributed by atoms with Crippen molar-refractivity contribution in [1.82, 2.24) is 0 Å². The van der Waals surface area contributed by atoms with E-state index in [1.54, 1.807) is 0 Å². The zero-order chi connectivity index (χ0) is 15.2. The van der Waals surface area contributed by atoms with Crippen molar-refractivity contribution in [2.75, 3.05) is 0 Å². The van der Waals surface area contributed by atoms with E-state index in [-0.39, 0.29) is 18.0 Å². The van der Waals surface area contributed by atoms with Crippen LogP contribution in [0.1, 0.15) is 36.5 Å². The zero-order valence-electron chi connectivity index (χ0n) is 12.5. The van der Waals surface area contributed by atoms with Gasteiger partial charge in [-0.3, -0.25) is 4.79 Å². The maximum atomic E-state index is 12.5. The van der Waals surface area contributed by atoms with Crippen molar-refractivity contribution in [3.05, 3.63) is 83.9 Å². The van der Waals surface area contributed by atoms with E-state index in [2.05, 4.69) is 6.08 Å². The minimum Gasteiger partial charge on any atom is -0.452 e. The van der Waals surface area contributed by atoms with Crippen molar-refractivity contribution in [3.63, 3.8) is 0 Å². The molecule has 0 saturated heterocycles. The number of hydrogen-bond donors (Lipinski definition) is 0. The van der Waals surface area contributed by atoms with Crippen molar-refractivity contribution < 1.29 is 9.53 Å². The molecule has 2 heteroatoms. The molecule has 0 amide bonds. The Morgan fingerprint density at radius 3 is 2.05 bits per heavy atom. The highest BCUT2D eigenvalue weighted by Crippen LogP contribution is 2.28. The first-order valence-corrected chi connectivity index (χ1v) is 7.81. The average molecular weight is 292 g/mol. The normalized spacial score (nSPS) is 17.4. The highest BCUT2D eigenvalue weighted by molar-refractivity contribution is 5.75. The maximum Gasteiger partial charge on any atom is 0.313 e. The highest BCUT2D eigenvalue weighted by Gasteiger charge is 2.24. The van der Waals surface area contributed by atoms with Crippen LogP contribution in [0.15, 0.2) is 72.8 Å². The average Bonchev–Trinajstić information content (AvgIpc) is 2.62. The van der Waals surface area contributed by atoms with E-state index in [0.29, 0.717) is 0 Å². The molecular formula is C20H20O2. The second-order valence-electron chi connectivity index (χ2n) is 5.60. The molecule has 0 spiro atoms. The van der Waals surface area contributed by atoms with Crippen LogP contribution in [0.3, 0.4) is 0 Å². The van der Waals surface area contributed by atoms with Crippen LogP contribution in [0.25, 0.3) is 0 Å². The van der Waals surface area contributed by atoms with Crippen LogP contribution in [-0.4, -0.2) is 5.97 Å². The summed E-state index contributed by atoms with van der Waals surface area (Å²) in [5.41, 5.74) is 2.00. The third-order valence-corrected chi connectivity index (χ3v) is 4.00. The molecule has 22 heavy (non-hydrogen) atoms. The van der Waals surface area contributed by atoms with Crippen molar-refractivity contribution in [2.45, 2.75) is 25.4 Å². The molecule has 1 atom stereocenters.